The Morgan fingerprint density at radius 1 is 1.25 bits per heavy atom. The van der Waals surface area contributed by atoms with Gasteiger partial charge in [-0.25, -0.2) is 8.78 Å². The van der Waals surface area contributed by atoms with Gasteiger partial charge in [-0.05, 0) is 38.6 Å². The summed E-state index contributed by atoms with van der Waals surface area (Å²) in [6, 6.07) is 5.26. The lowest BCUT2D eigenvalue weighted by atomic mass is 10.0. The third-order valence-corrected chi connectivity index (χ3v) is 3.23. The van der Waals surface area contributed by atoms with E-state index < -0.39 is 17.7 Å². The summed E-state index contributed by atoms with van der Waals surface area (Å²) in [6.45, 7) is 6.99. The minimum Gasteiger partial charge on any atom is -0.305 e. The fourth-order valence-electron chi connectivity index (χ4n) is 2.40. The molecule has 0 bridgehead atoms. The molecule has 5 heteroatoms. The third kappa shape index (κ3) is 2.72. The molecule has 0 saturated heterocycles. The van der Waals surface area contributed by atoms with Crippen molar-refractivity contribution in [2.75, 3.05) is 6.54 Å². The zero-order chi connectivity index (χ0) is 14.7. The molecule has 2 rings (SSSR count). The standard InChI is InChI=1S/C15H19F2N3/c1-4-18-15(13-9-10(3)19-20(13)5-2)14-11(16)7-6-8-12(14)17/h6-9,15,18H,4-5H2,1-3H3. The van der Waals surface area contributed by atoms with Crippen LogP contribution in [0.5, 0.6) is 0 Å². The van der Waals surface area contributed by atoms with Gasteiger partial charge in [-0.2, -0.15) is 5.10 Å². The molecule has 1 aromatic carbocycles. The molecule has 0 aliphatic carbocycles. The lowest BCUT2D eigenvalue weighted by Crippen LogP contribution is -2.26. The Balaban J connectivity index is 2.56. The predicted molar refractivity (Wildman–Crippen MR) is 74.5 cm³/mol. The molecule has 0 amide bonds. The molecule has 1 unspecified atom stereocenters. The van der Waals surface area contributed by atoms with Crippen LogP contribution in [0.4, 0.5) is 8.78 Å². The Morgan fingerprint density at radius 2 is 1.90 bits per heavy atom. The van der Waals surface area contributed by atoms with Crippen molar-refractivity contribution in [1.29, 1.82) is 0 Å². The summed E-state index contributed by atoms with van der Waals surface area (Å²) in [5.74, 6) is -1.09. The first-order chi connectivity index (χ1) is 9.58. The molecule has 0 radical (unpaired) electrons. The number of rotatable bonds is 5. The third-order valence-electron chi connectivity index (χ3n) is 3.23. The first-order valence-corrected chi connectivity index (χ1v) is 6.80. The van der Waals surface area contributed by atoms with Crippen LogP contribution in [0.25, 0.3) is 0 Å². The normalized spacial score (nSPS) is 12.7. The van der Waals surface area contributed by atoms with Gasteiger partial charge in [0.1, 0.15) is 11.6 Å². The maximum absolute atomic E-state index is 14.0. The molecule has 3 nitrogen and oxygen atoms in total. The number of nitrogens with zero attached hydrogens (tertiary/aromatic N) is 2. The minimum atomic E-state index is -0.544. The largest absolute Gasteiger partial charge is 0.305 e. The van der Waals surface area contributed by atoms with Crippen LogP contribution in [0, 0.1) is 18.6 Å². The van der Waals surface area contributed by atoms with Crippen molar-refractivity contribution in [1.82, 2.24) is 15.1 Å². The number of benzene rings is 1. The predicted octanol–water partition coefficient (Wildman–Crippen LogP) is 3.19. The maximum Gasteiger partial charge on any atom is 0.131 e. The molecule has 2 aromatic rings. The van der Waals surface area contributed by atoms with E-state index >= 15 is 0 Å². The number of hydrogen-bond donors (Lipinski definition) is 1. The molecule has 0 fully saturated rings. The van der Waals surface area contributed by atoms with Crippen LogP contribution in [0.2, 0.25) is 0 Å². The van der Waals surface area contributed by atoms with E-state index in [-0.39, 0.29) is 5.56 Å². The molecule has 1 aromatic heterocycles. The van der Waals surface area contributed by atoms with Crippen LogP contribution in [-0.4, -0.2) is 16.3 Å². The van der Waals surface area contributed by atoms with E-state index in [0.717, 1.165) is 11.4 Å². The van der Waals surface area contributed by atoms with Gasteiger partial charge >= 0.3 is 0 Å². The second-order valence-electron chi connectivity index (χ2n) is 4.65. The van der Waals surface area contributed by atoms with Gasteiger partial charge in [-0.3, -0.25) is 4.68 Å². The number of aryl methyl sites for hydroxylation is 2. The average molecular weight is 279 g/mol. The summed E-state index contributed by atoms with van der Waals surface area (Å²) in [7, 11) is 0. The molecule has 1 heterocycles. The Kier molecular flexibility index (Phi) is 4.49. The van der Waals surface area contributed by atoms with E-state index in [4.69, 9.17) is 0 Å². The maximum atomic E-state index is 14.0. The highest BCUT2D eigenvalue weighted by atomic mass is 19.1. The Labute approximate surface area is 117 Å². The molecular weight excluding hydrogens is 260 g/mol. The van der Waals surface area contributed by atoms with Crippen molar-refractivity contribution in [3.05, 3.63) is 52.9 Å². The molecule has 0 aliphatic heterocycles. The van der Waals surface area contributed by atoms with Crippen molar-refractivity contribution < 1.29 is 8.78 Å². The van der Waals surface area contributed by atoms with Gasteiger partial charge in [-0.15, -0.1) is 0 Å². The molecule has 108 valence electrons. The topological polar surface area (TPSA) is 29.9 Å². The summed E-state index contributed by atoms with van der Waals surface area (Å²) in [5, 5.41) is 7.49. The Bertz CT molecular complexity index is 573. The molecule has 20 heavy (non-hydrogen) atoms. The van der Waals surface area contributed by atoms with Crippen molar-refractivity contribution in [2.45, 2.75) is 33.4 Å². The smallest absolute Gasteiger partial charge is 0.131 e. The fourth-order valence-corrected chi connectivity index (χ4v) is 2.40. The highest BCUT2D eigenvalue weighted by molar-refractivity contribution is 5.31. The van der Waals surface area contributed by atoms with E-state index in [1.165, 1.54) is 18.2 Å². The number of halogens is 2. The highest BCUT2D eigenvalue weighted by Crippen LogP contribution is 2.27. The summed E-state index contributed by atoms with van der Waals surface area (Å²) >= 11 is 0. The average Bonchev–Trinajstić information content (AvgIpc) is 2.78. The minimum absolute atomic E-state index is 0.0453. The summed E-state index contributed by atoms with van der Waals surface area (Å²) in [5.41, 5.74) is 1.65. The van der Waals surface area contributed by atoms with Gasteiger partial charge in [-0.1, -0.05) is 13.0 Å². The molecule has 0 saturated carbocycles. The number of hydrogen-bond acceptors (Lipinski definition) is 2. The number of nitrogens with one attached hydrogen (secondary N) is 1. The van der Waals surface area contributed by atoms with Gasteiger partial charge in [0.25, 0.3) is 0 Å². The first kappa shape index (κ1) is 14.7. The van der Waals surface area contributed by atoms with Crippen LogP contribution in [0.15, 0.2) is 24.3 Å². The molecule has 1 atom stereocenters. The van der Waals surface area contributed by atoms with Crippen molar-refractivity contribution in [2.24, 2.45) is 0 Å². The van der Waals surface area contributed by atoms with E-state index in [1.807, 2.05) is 26.8 Å². The van der Waals surface area contributed by atoms with Gasteiger partial charge < -0.3 is 5.32 Å². The first-order valence-electron chi connectivity index (χ1n) is 6.80. The molecular formula is C15H19F2N3. The Hall–Kier alpha value is -1.75. The highest BCUT2D eigenvalue weighted by Gasteiger charge is 2.24. The van der Waals surface area contributed by atoms with Crippen molar-refractivity contribution in [3.63, 3.8) is 0 Å². The van der Waals surface area contributed by atoms with Gasteiger partial charge in [0.15, 0.2) is 0 Å². The summed E-state index contributed by atoms with van der Waals surface area (Å²) in [4.78, 5) is 0. The number of aromatic nitrogens is 2. The SMILES string of the molecule is CCNC(c1c(F)cccc1F)c1cc(C)nn1CC. The van der Waals surface area contributed by atoms with Gasteiger partial charge in [0, 0.05) is 12.1 Å². The molecule has 0 aliphatic rings. The van der Waals surface area contributed by atoms with Crippen molar-refractivity contribution in [3.8, 4) is 0 Å². The van der Waals surface area contributed by atoms with Crippen molar-refractivity contribution >= 4 is 0 Å². The zero-order valence-electron chi connectivity index (χ0n) is 12.0. The lowest BCUT2D eigenvalue weighted by Gasteiger charge is -2.20. The lowest BCUT2D eigenvalue weighted by molar-refractivity contribution is 0.483. The van der Waals surface area contributed by atoms with E-state index in [1.54, 1.807) is 4.68 Å². The Morgan fingerprint density at radius 3 is 2.45 bits per heavy atom. The zero-order valence-corrected chi connectivity index (χ0v) is 12.0. The molecule has 0 spiro atoms. The van der Waals surface area contributed by atoms with E-state index in [0.29, 0.717) is 13.1 Å². The van der Waals surface area contributed by atoms with Crippen LogP contribution in [0.3, 0.4) is 0 Å². The molecule has 1 N–H and O–H groups in total. The quantitative estimate of drug-likeness (QED) is 0.911. The van der Waals surface area contributed by atoms with Crippen LogP contribution in [-0.2, 0) is 6.54 Å². The summed E-state index contributed by atoms with van der Waals surface area (Å²) < 4.78 is 29.9. The second kappa shape index (κ2) is 6.13. The van der Waals surface area contributed by atoms with Gasteiger partial charge in [0.05, 0.1) is 17.4 Å². The van der Waals surface area contributed by atoms with E-state index in [2.05, 4.69) is 10.4 Å². The second-order valence-corrected chi connectivity index (χ2v) is 4.65. The summed E-state index contributed by atoms with van der Waals surface area (Å²) in [6.07, 6.45) is 0. The van der Waals surface area contributed by atoms with Crippen LogP contribution < -0.4 is 5.32 Å². The van der Waals surface area contributed by atoms with Crippen LogP contribution >= 0.6 is 0 Å². The van der Waals surface area contributed by atoms with Gasteiger partial charge in [0.2, 0.25) is 0 Å². The van der Waals surface area contributed by atoms with E-state index in [9.17, 15) is 8.78 Å². The van der Waals surface area contributed by atoms with Crippen LogP contribution in [0.1, 0.15) is 36.8 Å². The fraction of sp³-hybridized carbons (Fsp3) is 0.400. The monoisotopic (exact) mass is 279 g/mol.